The van der Waals surface area contributed by atoms with Crippen molar-refractivity contribution in [1.29, 1.82) is 0 Å². The van der Waals surface area contributed by atoms with Crippen LogP contribution in [0.5, 0.6) is 0 Å². The number of cyclic esters (lactones) is 2. The van der Waals surface area contributed by atoms with E-state index in [1.165, 1.54) is 96.3 Å². The standard InChI is InChI=1S/C50H95NO7/c1-8-11-14-17-20-21-22-28-33-40-56-45(53)41-49(4,5)42-50(6,7)51(38-39-52)37-32-27-23-26-31-36-44-47(54)58-46(48(55)57-44)43(34-29-24-18-15-12-9-2)35-30-25-19-16-13-10-3/h43-44,46,52H,8-42H2,1-7H3. The third-order valence-corrected chi connectivity index (χ3v) is 12.4. The molecular formula is C50H95NO7. The monoisotopic (exact) mass is 822 g/mol. The van der Waals surface area contributed by atoms with Gasteiger partial charge in [0.2, 0.25) is 6.10 Å². The highest BCUT2D eigenvalue weighted by Gasteiger charge is 2.42. The third-order valence-electron chi connectivity index (χ3n) is 12.4. The number of aliphatic hydroxyl groups is 1. The van der Waals surface area contributed by atoms with Crippen molar-refractivity contribution in [3.8, 4) is 0 Å². The molecule has 1 aliphatic rings. The maximum atomic E-state index is 13.2. The highest BCUT2D eigenvalue weighted by atomic mass is 16.6. The first-order valence-corrected chi connectivity index (χ1v) is 24.8. The SMILES string of the molecule is CCCCCCCCCCCOC(=O)CC(C)(C)CC(C)(C)N(CCO)CCCCCCCC1OC(=O)C(C(CCCCCCCC)CCCCCCCC)OC1=O. The van der Waals surface area contributed by atoms with Crippen LogP contribution in [0.3, 0.4) is 0 Å². The Morgan fingerprint density at radius 3 is 1.60 bits per heavy atom. The van der Waals surface area contributed by atoms with Crippen LogP contribution in [0.25, 0.3) is 0 Å². The Labute approximate surface area is 358 Å². The van der Waals surface area contributed by atoms with Gasteiger partial charge in [-0.1, -0.05) is 182 Å². The van der Waals surface area contributed by atoms with Crippen LogP contribution in [0.15, 0.2) is 0 Å². The van der Waals surface area contributed by atoms with Gasteiger partial charge >= 0.3 is 17.9 Å². The molecule has 1 saturated heterocycles. The molecule has 1 aliphatic heterocycles. The van der Waals surface area contributed by atoms with Gasteiger partial charge in [0, 0.05) is 18.0 Å². The van der Waals surface area contributed by atoms with Crippen LogP contribution in [-0.4, -0.2) is 72.0 Å². The summed E-state index contributed by atoms with van der Waals surface area (Å²) < 4.78 is 17.3. The maximum absolute atomic E-state index is 13.2. The zero-order valence-electron chi connectivity index (χ0n) is 39.3. The number of carbonyl (C=O) groups is 3. The molecule has 1 rings (SSSR count). The lowest BCUT2D eigenvalue weighted by Gasteiger charge is -2.43. The fraction of sp³-hybridized carbons (Fsp3) is 0.940. The molecule has 0 aromatic carbocycles. The summed E-state index contributed by atoms with van der Waals surface area (Å²) >= 11 is 0. The van der Waals surface area contributed by atoms with Gasteiger partial charge in [0.25, 0.3) is 0 Å². The molecule has 0 spiro atoms. The Balaban J connectivity index is 2.43. The highest BCUT2D eigenvalue weighted by Crippen LogP contribution is 2.35. The van der Waals surface area contributed by atoms with E-state index in [1.54, 1.807) is 0 Å². The summed E-state index contributed by atoms with van der Waals surface area (Å²) in [4.78, 5) is 41.4. The lowest BCUT2D eigenvalue weighted by Crippen LogP contribution is -2.48. The first-order valence-electron chi connectivity index (χ1n) is 24.8. The van der Waals surface area contributed by atoms with Gasteiger partial charge in [-0.15, -0.1) is 0 Å². The van der Waals surface area contributed by atoms with Gasteiger partial charge in [-0.3, -0.25) is 9.69 Å². The molecule has 0 aliphatic carbocycles. The van der Waals surface area contributed by atoms with Crippen molar-refractivity contribution in [1.82, 2.24) is 4.90 Å². The maximum Gasteiger partial charge on any atom is 0.348 e. The van der Waals surface area contributed by atoms with E-state index in [4.69, 9.17) is 14.2 Å². The van der Waals surface area contributed by atoms with Gasteiger partial charge in [0.1, 0.15) is 0 Å². The number of ether oxygens (including phenoxy) is 3. The second kappa shape index (κ2) is 34.0. The number of hydrogen-bond acceptors (Lipinski definition) is 8. The number of β-amino-alcohol motifs (C(OH)–C–C–N with tert-alkyl or cyclic N) is 1. The zero-order chi connectivity index (χ0) is 42.9. The van der Waals surface area contributed by atoms with E-state index in [-0.39, 0.29) is 41.4 Å². The van der Waals surface area contributed by atoms with Crippen LogP contribution in [0.4, 0.5) is 0 Å². The summed E-state index contributed by atoms with van der Waals surface area (Å²) in [5.74, 6) is -0.766. The van der Waals surface area contributed by atoms with Crippen LogP contribution < -0.4 is 0 Å². The Morgan fingerprint density at radius 2 is 1.09 bits per heavy atom. The van der Waals surface area contributed by atoms with Crippen LogP contribution in [0.2, 0.25) is 0 Å². The van der Waals surface area contributed by atoms with Crippen molar-refractivity contribution in [3.63, 3.8) is 0 Å². The Bertz CT molecular complexity index is 1010. The van der Waals surface area contributed by atoms with Gasteiger partial charge in [0.05, 0.1) is 19.6 Å². The minimum Gasteiger partial charge on any atom is -0.466 e. The molecule has 0 radical (unpaired) electrons. The number of nitrogens with zero attached hydrogens (tertiary/aromatic N) is 1. The average Bonchev–Trinajstić information content (AvgIpc) is 3.17. The quantitative estimate of drug-likeness (QED) is 0.0370. The van der Waals surface area contributed by atoms with Crippen molar-refractivity contribution in [2.24, 2.45) is 11.3 Å². The second-order valence-electron chi connectivity index (χ2n) is 19.3. The molecular weight excluding hydrogens is 727 g/mol. The van der Waals surface area contributed by atoms with E-state index in [0.717, 1.165) is 96.4 Å². The predicted molar refractivity (Wildman–Crippen MR) is 241 cm³/mol. The molecule has 2 atom stereocenters. The normalized spacial score (nSPS) is 16.3. The first-order chi connectivity index (χ1) is 27.9. The number of unbranched alkanes of at least 4 members (excludes halogenated alkanes) is 22. The van der Waals surface area contributed by atoms with Gasteiger partial charge in [-0.25, -0.2) is 9.59 Å². The third kappa shape index (κ3) is 26.5. The molecule has 8 heteroatoms. The van der Waals surface area contributed by atoms with E-state index >= 15 is 0 Å². The lowest BCUT2D eigenvalue weighted by molar-refractivity contribution is -0.200. The van der Waals surface area contributed by atoms with Crippen molar-refractivity contribution in [2.75, 3.05) is 26.3 Å². The first kappa shape index (κ1) is 54.3. The molecule has 0 aromatic heterocycles. The fourth-order valence-electron chi connectivity index (χ4n) is 9.18. The molecule has 1 N–H and O–H groups in total. The van der Waals surface area contributed by atoms with Crippen molar-refractivity contribution >= 4 is 17.9 Å². The molecule has 1 heterocycles. The lowest BCUT2D eigenvalue weighted by atomic mass is 9.77. The molecule has 0 aromatic rings. The topological polar surface area (TPSA) is 102 Å². The molecule has 0 saturated carbocycles. The van der Waals surface area contributed by atoms with Crippen molar-refractivity contribution in [3.05, 3.63) is 0 Å². The number of esters is 3. The smallest absolute Gasteiger partial charge is 0.348 e. The second-order valence-corrected chi connectivity index (χ2v) is 19.3. The Morgan fingerprint density at radius 1 is 0.621 bits per heavy atom. The average molecular weight is 822 g/mol. The molecule has 0 amide bonds. The van der Waals surface area contributed by atoms with Gasteiger partial charge in [0.15, 0.2) is 6.10 Å². The summed E-state index contributed by atoms with van der Waals surface area (Å²) in [6, 6.07) is 0. The molecule has 0 bridgehead atoms. The number of carbonyl (C=O) groups excluding carboxylic acids is 3. The summed E-state index contributed by atoms with van der Waals surface area (Å²) in [5.41, 5.74) is -0.409. The molecule has 342 valence electrons. The minimum absolute atomic E-state index is 0.0481. The molecule has 1 fully saturated rings. The Kier molecular flexibility index (Phi) is 31.8. The van der Waals surface area contributed by atoms with E-state index < -0.39 is 12.2 Å². The fourth-order valence-corrected chi connectivity index (χ4v) is 9.18. The molecule has 8 nitrogen and oxygen atoms in total. The predicted octanol–water partition coefficient (Wildman–Crippen LogP) is 13.2. The number of rotatable bonds is 40. The van der Waals surface area contributed by atoms with Crippen LogP contribution >= 0.6 is 0 Å². The van der Waals surface area contributed by atoms with Gasteiger partial charge in [-0.05, 0) is 70.8 Å². The summed E-state index contributed by atoms with van der Waals surface area (Å²) in [7, 11) is 0. The largest absolute Gasteiger partial charge is 0.466 e. The summed E-state index contributed by atoms with van der Waals surface area (Å²) in [6.45, 7) is 17.5. The van der Waals surface area contributed by atoms with Gasteiger partial charge in [-0.2, -0.15) is 0 Å². The van der Waals surface area contributed by atoms with E-state index in [1.807, 2.05) is 0 Å². The summed E-state index contributed by atoms with van der Waals surface area (Å²) in [5, 5.41) is 9.91. The van der Waals surface area contributed by atoms with Crippen LogP contribution in [0.1, 0.15) is 248 Å². The van der Waals surface area contributed by atoms with Crippen molar-refractivity contribution in [2.45, 2.75) is 265 Å². The molecule has 2 unspecified atom stereocenters. The highest BCUT2D eigenvalue weighted by molar-refractivity contribution is 5.87. The van der Waals surface area contributed by atoms with E-state index in [2.05, 4.69) is 53.4 Å². The minimum atomic E-state index is -0.788. The Hall–Kier alpha value is -1.67. The summed E-state index contributed by atoms with van der Waals surface area (Å²) in [6.07, 6.45) is 32.5. The van der Waals surface area contributed by atoms with Crippen molar-refractivity contribution < 1.29 is 33.7 Å². The van der Waals surface area contributed by atoms with E-state index in [0.29, 0.717) is 26.0 Å². The number of hydrogen-bond donors (Lipinski definition) is 1. The zero-order valence-corrected chi connectivity index (χ0v) is 39.3. The molecule has 58 heavy (non-hydrogen) atoms. The van der Waals surface area contributed by atoms with E-state index in [9.17, 15) is 19.5 Å². The van der Waals surface area contributed by atoms with Crippen LogP contribution in [-0.2, 0) is 28.6 Å². The number of aliphatic hydroxyl groups excluding tert-OH is 1. The van der Waals surface area contributed by atoms with Gasteiger partial charge < -0.3 is 19.3 Å². The van der Waals surface area contributed by atoms with Crippen LogP contribution in [0, 0.1) is 11.3 Å².